The summed E-state index contributed by atoms with van der Waals surface area (Å²) in [6.45, 7) is 4.98. The predicted octanol–water partition coefficient (Wildman–Crippen LogP) is 5.91. The quantitative estimate of drug-likeness (QED) is 0.553. The van der Waals surface area contributed by atoms with Crippen molar-refractivity contribution in [3.05, 3.63) is 69.5 Å². The fourth-order valence-corrected chi connectivity index (χ4v) is 4.25. The Morgan fingerprint density at radius 3 is 2.61 bits per heavy atom. The van der Waals surface area contributed by atoms with Crippen molar-refractivity contribution in [1.29, 1.82) is 0 Å². The van der Waals surface area contributed by atoms with Gasteiger partial charge < -0.3 is 9.88 Å². The summed E-state index contributed by atoms with van der Waals surface area (Å²) in [5.74, 6) is 0.768. The molecule has 1 aliphatic heterocycles. The summed E-state index contributed by atoms with van der Waals surface area (Å²) in [7, 11) is 0. The highest BCUT2D eigenvalue weighted by Gasteiger charge is 2.24. The second-order valence-corrected chi connectivity index (χ2v) is 8.39. The number of rotatable bonds is 3. The summed E-state index contributed by atoms with van der Waals surface area (Å²) >= 11 is 3.47. The topological polar surface area (TPSA) is 46.9 Å². The third-order valence-electron chi connectivity index (χ3n) is 5.33. The number of nitrogens with zero attached hydrogens (tertiary/aromatic N) is 2. The molecule has 144 valence electrons. The molecule has 0 saturated heterocycles. The molecule has 5 heteroatoms. The zero-order valence-electron chi connectivity index (χ0n) is 16.3. The number of hydrogen-bond donors (Lipinski definition) is 1. The van der Waals surface area contributed by atoms with Crippen molar-refractivity contribution in [3.8, 4) is 11.4 Å². The van der Waals surface area contributed by atoms with Gasteiger partial charge in [0, 0.05) is 22.3 Å². The highest BCUT2D eigenvalue weighted by molar-refractivity contribution is 9.10. The van der Waals surface area contributed by atoms with E-state index in [2.05, 4.69) is 57.0 Å². The number of hydrogen-bond acceptors (Lipinski definition) is 2. The number of aromatic nitrogens is 2. The summed E-state index contributed by atoms with van der Waals surface area (Å²) in [6.07, 6.45) is 4.29. The van der Waals surface area contributed by atoms with E-state index in [9.17, 15) is 4.79 Å². The summed E-state index contributed by atoms with van der Waals surface area (Å²) < 4.78 is 3.25. The van der Waals surface area contributed by atoms with Crippen LogP contribution in [-0.4, -0.2) is 15.5 Å². The van der Waals surface area contributed by atoms with E-state index in [1.54, 1.807) is 0 Å². The van der Waals surface area contributed by atoms with Gasteiger partial charge in [-0.3, -0.25) is 4.79 Å². The molecular formula is C23H24BrN3O. The van der Waals surface area contributed by atoms with Crippen LogP contribution in [0, 0.1) is 13.8 Å². The van der Waals surface area contributed by atoms with Gasteiger partial charge >= 0.3 is 0 Å². The van der Waals surface area contributed by atoms with Gasteiger partial charge in [0.25, 0.3) is 5.91 Å². The van der Waals surface area contributed by atoms with Crippen LogP contribution in [0.1, 0.15) is 46.6 Å². The van der Waals surface area contributed by atoms with E-state index in [4.69, 9.17) is 4.98 Å². The number of benzene rings is 2. The third kappa shape index (κ3) is 3.76. The molecule has 0 unspecified atom stereocenters. The molecule has 3 aromatic rings. The zero-order valence-corrected chi connectivity index (χ0v) is 17.8. The Morgan fingerprint density at radius 1 is 1.07 bits per heavy atom. The number of carbonyl (C=O) groups is 1. The van der Waals surface area contributed by atoms with E-state index in [0.717, 1.165) is 58.6 Å². The number of nitrogens with one attached hydrogen (secondary N) is 1. The lowest BCUT2D eigenvalue weighted by Gasteiger charge is -2.10. The van der Waals surface area contributed by atoms with Gasteiger partial charge in [-0.25, -0.2) is 4.98 Å². The minimum Gasteiger partial charge on any atom is -0.327 e. The standard InChI is InChI=1S/C23H24BrN3O/c1-15-7-9-17(10-8-15)22-26-21(20-6-4-3-5-13-27(20)22)23(28)25-19-12-11-18(24)14-16(19)2/h7-12,14H,3-6,13H2,1-2H3,(H,25,28). The van der Waals surface area contributed by atoms with Crippen molar-refractivity contribution >= 4 is 27.5 Å². The van der Waals surface area contributed by atoms with Crippen molar-refractivity contribution in [1.82, 2.24) is 9.55 Å². The number of imidazole rings is 1. The smallest absolute Gasteiger partial charge is 0.276 e. The van der Waals surface area contributed by atoms with Crippen LogP contribution in [0.15, 0.2) is 46.9 Å². The van der Waals surface area contributed by atoms with Gasteiger partial charge in [-0.1, -0.05) is 52.2 Å². The SMILES string of the molecule is Cc1ccc(-c2nc(C(=O)Nc3ccc(Br)cc3C)c3n2CCCCC3)cc1. The van der Waals surface area contributed by atoms with Crippen LogP contribution in [0.4, 0.5) is 5.69 Å². The van der Waals surface area contributed by atoms with Crippen LogP contribution in [0.2, 0.25) is 0 Å². The van der Waals surface area contributed by atoms with Crippen molar-refractivity contribution in [2.45, 2.75) is 46.1 Å². The summed E-state index contributed by atoms with van der Waals surface area (Å²) in [4.78, 5) is 18.0. The van der Waals surface area contributed by atoms with Gasteiger partial charge in [0.15, 0.2) is 0 Å². The van der Waals surface area contributed by atoms with Crippen LogP contribution < -0.4 is 5.32 Å². The van der Waals surface area contributed by atoms with E-state index >= 15 is 0 Å². The van der Waals surface area contributed by atoms with E-state index in [1.165, 1.54) is 12.0 Å². The first-order chi connectivity index (χ1) is 13.5. The molecule has 2 heterocycles. The lowest BCUT2D eigenvalue weighted by molar-refractivity contribution is 0.102. The molecule has 0 aliphatic carbocycles. The Balaban J connectivity index is 1.74. The Hall–Kier alpha value is -2.40. The number of carbonyl (C=O) groups excluding carboxylic acids is 1. The molecular weight excluding hydrogens is 414 g/mol. The minimum atomic E-state index is -0.130. The number of halogens is 1. The number of anilines is 1. The first-order valence-electron chi connectivity index (χ1n) is 9.77. The van der Waals surface area contributed by atoms with Crippen LogP contribution in [0.3, 0.4) is 0 Å². The molecule has 1 aromatic heterocycles. The van der Waals surface area contributed by atoms with Gasteiger partial charge in [0.2, 0.25) is 0 Å². The largest absolute Gasteiger partial charge is 0.327 e. The summed E-state index contributed by atoms with van der Waals surface area (Å²) in [5, 5.41) is 3.06. The molecule has 4 rings (SSSR count). The molecule has 0 spiro atoms. The summed E-state index contributed by atoms with van der Waals surface area (Å²) in [5.41, 5.74) is 5.73. The molecule has 4 nitrogen and oxygen atoms in total. The van der Waals surface area contributed by atoms with Crippen LogP contribution in [-0.2, 0) is 13.0 Å². The second-order valence-electron chi connectivity index (χ2n) is 7.47. The molecule has 28 heavy (non-hydrogen) atoms. The van der Waals surface area contributed by atoms with Gasteiger partial charge in [0.05, 0.1) is 5.69 Å². The average molecular weight is 438 g/mol. The average Bonchev–Trinajstić information content (AvgIpc) is 2.86. The first kappa shape index (κ1) is 18.9. The molecule has 0 bridgehead atoms. The first-order valence-corrected chi connectivity index (χ1v) is 10.6. The van der Waals surface area contributed by atoms with Gasteiger partial charge in [-0.05, 0) is 56.9 Å². The van der Waals surface area contributed by atoms with Crippen LogP contribution in [0.25, 0.3) is 11.4 Å². The molecule has 0 atom stereocenters. The lowest BCUT2D eigenvalue weighted by Crippen LogP contribution is -2.16. The molecule has 2 aromatic carbocycles. The fourth-order valence-electron chi connectivity index (χ4n) is 3.77. The van der Waals surface area contributed by atoms with Crippen molar-refractivity contribution in [2.24, 2.45) is 0 Å². The number of aryl methyl sites for hydroxylation is 2. The highest BCUT2D eigenvalue weighted by atomic mass is 79.9. The van der Waals surface area contributed by atoms with Crippen molar-refractivity contribution in [3.63, 3.8) is 0 Å². The normalized spacial score (nSPS) is 13.7. The number of fused-ring (bicyclic) bond motifs is 1. The van der Waals surface area contributed by atoms with E-state index in [0.29, 0.717) is 5.69 Å². The molecule has 0 saturated carbocycles. The Labute approximate surface area is 174 Å². The van der Waals surface area contributed by atoms with Gasteiger partial charge in [-0.15, -0.1) is 0 Å². The monoisotopic (exact) mass is 437 g/mol. The summed E-state index contributed by atoms with van der Waals surface area (Å²) in [6, 6.07) is 14.2. The van der Waals surface area contributed by atoms with Crippen molar-refractivity contribution in [2.75, 3.05) is 5.32 Å². The van der Waals surface area contributed by atoms with Gasteiger partial charge in [0.1, 0.15) is 11.5 Å². The molecule has 1 amide bonds. The predicted molar refractivity (Wildman–Crippen MR) is 117 cm³/mol. The van der Waals surface area contributed by atoms with Gasteiger partial charge in [-0.2, -0.15) is 0 Å². The Morgan fingerprint density at radius 2 is 1.86 bits per heavy atom. The van der Waals surface area contributed by atoms with E-state index < -0.39 is 0 Å². The minimum absolute atomic E-state index is 0.130. The maximum absolute atomic E-state index is 13.1. The Bertz CT molecular complexity index is 1020. The Kier molecular flexibility index (Phi) is 5.36. The van der Waals surface area contributed by atoms with Crippen LogP contribution in [0.5, 0.6) is 0 Å². The third-order valence-corrected chi connectivity index (χ3v) is 5.82. The maximum atomic E-state index is 13.1. The lowest BCUT2D eigenvalue weighted by atomic mass is 10.1. The highest BCUT2D eigenvalue weighted by Crippen LogP contribution is 2.28. The van der Waals surface area contributed by atoms with Crippen LogP contribution >= 0.6 is 15.9 Å². The van der Waals surface area contributed by atoms with E-state index in [1.807, 2.05) is 25.1 Å². The molecule has 0 fully saturated rings. The fraction of sp³-hybridized carbons (Fsp3) is 0.304. The number of amides is 1. The maximum Gasteiger partial charge on any atom is 0.276 e. The van der Waals surface area contributed by atoms with E-state index in [-0.39, 0.29) is 5.91 Å². The molecule has 0 radical (unpaired) electrons. The molecule has 1 aliphatic rings. The van der Waals surface area contributed by atoms with Crippen molar-refractivity contribution < 1.29 is 4.79 Å². The second kappa shape index (κ2) is 7.92. The molecule has 1 N–H and O–H groups in total. The zero-order chi connectivity index (χ0) is 19.7.